The number of halogens is 2. The van der Waals surface area contributed by atoms with Gasteiger partial charge >= 0.3 is 0 Å². The largest absolute Gasteiger partial charge is 0.454 e. The molecule has 0 atom stereocenters. The van der Waals surface area contributed by atoms with Crippen LogP contribution in [0.2, 0.25) is 5.02 Å². The Morgan fingerprint density at radius 3 is 2.47 bits per heavy atom. The predicted octanol–water partition coefficient (Wildman–Crippen LogP) is 4.15. The van der Waals surface area contributed by atoms with Gasteiger partial charge in [-0.25, -0.2) is 0 Å². The van der Waals surface area contributed by atoms with E-state index in [0.29, 0.717) is 6.54 Å². The number of hydrogen-bond donors (Lipinski definition) is 1. The van der Waals surface area contributed by atoms with E-state index in [-0.39, 0.29) is 0 Å². The maximum absolute atomic E-state index is 5.78. The molecule has 0 radical (unpaired) electrons. The molecule has 0 unspecified atom stereocenters. The molecule has 2 rings (SSSR count). The second-order valence-electron chi connectivity index (χ2n) is 3.07. The summed E-state index contributed by atoms with van der Waals surface area (Å²) in [6.45, 7) is 0.685. The number of furan rings is 1. The van der Waals surface area contributed by atoms with Crippen molar-refractivity contribution < 1.29 is 4.42 Å². The maximum atomic E-state index is 5.78. The summed E-state index contributed by atoms with van der Waals surface area (Å²) < 4.78 is 6.33. The topological polar surface area (TPSA) is 25.2 Å². The van der Waals surface area contributed by atoms with Gasteiger partial charge in [0, 0.05) is 10.7 Å². The molecule has 4 heteroatoms. The lowest BCUT2D eigenvalue weighted by atomic mass is 10.3. The van der Waals surface area contributed by atoms with Crippen molar-refractivity contribution >= 4 is 39.9 Å². The summed E-state index contributed by atoms with van der Waals surface area (Å²) in [6, 6.07) is 11.5. The summed E-state index contributed by atoms with van der Waals surface area (Å²) in [7, 11) is 0. The van der Waals surface area contributed by atoms with E-state index < -0.39 is 0 Å². The summed E-state index contributed by atoms with van der Waals surface area (Å²) >= 11 is 7.93. The Morgan fingerprint density at radius 2 is 1.87 bits per heavy atom. The van der Waals surface area contributed by atoms with E-state index >= 15 is 0 Å². The van der Waals surface area contributed by atoms with Crippen LogP contribution >= 0.6 is 34.2 Å². The normalized spacial score (nSPS) is 10.3. The van der Waals surface area contributed by atoms with Crippen molar-refractivity contribution in [2.24, 2.45) is 0 Å². The molecule has 1 aromatic heterocycles. The summed E-state index contributed by atoms with van der Waals surface area (Å²) in [6.07, 6.45) is 0. The zero-order valence-corrected chi connectivity index (χ0v) is 10.7. The van der Waals surface area contributed by atoms with Crippen LogP contribution in [0.4, 0.5) is 5.69 Å². The van der Waals surface area contributed by atoms with E-state index in [1.54, 1.807) is 0 Å². The van der Waals surface area contributed by atoms with E-state index in [2.05, 4.69) is 27.9 Å². The molecule has 0 aliphatic rings. The monoisotopic (exact) mass is 333 g/mol. The molecular weight excluding hydrogens is 324 g/mol. The van der Waals surface area contributed by atoms with Crippen molar-refractivity contribution in [1.82, 2.24) is 0 Å². The van der Waals surface area contributed by atoms with Gasteiger partial charge in [0.25, 0.3) is 0 Å². The zero-order valence-electron chi connectivity index (χ0n) is 7.84. The molecular formula is C11H9ClINO. The third-order valence-electron chi connectivity index (χ3n) is 1.94. The fourth-order valence-electron chi connectivity index (χ4n) is 1.20. The molecule has 78 valence electrons. The van der Waals surface area contributed by atoms with Crippen LogP contribution in [-0.2, 0) is 6.54 Å². The van der Waals surface area contributed by atoms with Crippen molar-refractivity contribution in [2.45, 2.75) is 6.54 Å². The van der Waals surface area contributed by atoms with Crippen molar-refractivity contribution in [3.63, 3.8) is 0 Å². The predicted molar refractivity (Wildman–Crippen MR) is 70.2 cm³/mol. The van der Waals surface area contributed by atoms with Crippen LogP contribution in [0.15, 0.2) is 40.8 Å². The SMILES string of the molecule is Clc1ccc(NCc2ccc(I)o2)cc1. The molecule has 0 saturated carbocycles. The van der Waals surface area contributed by atoms with Gasteiger partial charge in [0.15, 0.2) is 3.77 Å². The molecule has 2 nitrogen and oxygen atoms in total. The lowest BCUT2D eigenvalue weighted by molar-refractivity contribution is 0.493. The van der Waals surface area contributed by atoms with Gasteiger partial charge in [-0.3, -0.25) is 0 Å². The van der Waals surface area contributed by atoms with Gasteiger partial charge in [-0.05, 0) is 59.0 Å². The Kier molecular flexibility index (Phi) is 3.53. The zero-order chi connectivity index (χ0) is 10.7. The molecule has 0 spiro atoms. The number of nitrogens with one attached hydrogen (secondary N) is 1. The van der Waals surface area contributed by atoms with Crippen LogP contribution in [0.1, 0.15) is 5.76 Å². The van der Waals surface area contributed by atoms with Crippen molar-refractivity contribution in [3.8, 4) is 0 Å². The molecule has 0 amide bonds. The third kappa shape index (κ3) is 3.14. The molecule has 0 aliphatic heterocycles. The number of anilines is 1. The number of rotatable bonds is 3. The van der Waals surface area contributed by atoms with Crippen LogP contribution in [0.25, 0.3) is 0 Å². The number of hydrogen-bond acceptors (Lipinski definition) is 2. The van der Waals surface area contributed by atoms with Crippen LogP contribution in [0.5, 0.6) is 0 Å². The highest BCUT2D eigenvalue weighted by atomic mass is 127. The minimum atomic E-state index is 0.685. The van der Waals surface area contributed by atoms with Crippen molar-refractivity contribution in [3.05, 3.63) is 50.9 Å². The molecule has 0 aliphatic carbocycles. The second-order valence-corrected chi connectivity index (χ2v) is 4.57. The molecule has 0 saturated heterocycles. The van der Waals surface area contributed by atoms with E-state index in [0.717, 1.165) is 20.2 Å². The van der Waals surface area contributed by atoms with E-state index in [1.165, 1.54) is 0 Å². The molecule has 15 heavy (non-hydrogen) atoms. The first-order valence-corrected chi connectivity index (χ1v) is 5.93. The lowest BCUT2D eigenvalue weighted by Crippen LogP contribution is -1.97. The highest BCUT2D eigenvalue weighted by Gasteiger charge is 1.98. The molecule has 1 aromatic carbocycles. The summed E-state index contributed by atoms with van der Waals surface area (Å²) in [5.74, 6) is 0.925. The molecule has 1 heterocycles. The van der Waals surface area contributed by atoms with Gasteiger partial charge in [0.1, 0.15) is 5.76 Å². The van der Waals surface area contributed by atoms with Crippen LogP contribution in [-0.4, -0.2) is 0 Å². The van der Waals surface area contributed by atoms with Crippen LogP contribution in [0, 0.1) is 3.77 Å². The van der Waals surface area contributed by atoms with E-state index in [4.69, 9.17) is 16.0 Å². The Morgan fingerprint density at radius 1 is 1.13 bits per heavy atom. The summed E-state index contributed by atoms with van der Waals surface area (Å²) in [5.41, 5.74) is 1.03. The minimum Gasteiger partial charge on any atom is -0.454 e. The van der Waals surface area contributed by atoms with Crippen LogP contribution in [0.3, 0.4) is 0 Å². The Balaban J connectivity index is 1.96. The molecule has 0 bridgehead atoms. The first-order valence-electron chi connectivity index (χ1n) is 4.48. The fraction of sp³-hybridized carbons (Fsp3) is 0.0909. The van der Waals surface area contributed by atoms with Crippen LogP contribution < -0.4 is 5.32 Å². The summed E-state index contributed by atoms with van der Waals surface area (Å²) in [5, 5.41) is 3.99. The Labute approximate surface area is 107 Å². The average molecular weight is 334 g/mol. The first-order chi connectivity index (χ1) is 7.24. The smallest absolute Gasteiger partial charge is 0.164 e. The van der Waals surface area contributed by atoms with Gasteiger partial charge in [-0.1, -0.05) is 11.6 Å². The van der Waals surface area contributed by atoms with Gasteiger partial charge in [-0.15, -0.1) is 0 Å². The van der Waals surface area contributed by atoms with Gasteiger partial charge in [0.05, 0.1) is 6.54 Å². The first kappa shape index (κ1) is 10.8. The molecule has 0 fully saturated rings. The quantitative estimate of drug-likeness (QED) is 0.854. The van der Waals surface area contributed by atoms with Crippen molar-refractivity contribution in [2.75, 3.05) is 5.32 Å². The summed E-state index contributed by atoms with van der Waals surface area (Å²) in [4.78, 5) is 0. The number of benzene rings is 1. The standard InChI is InChI=1S/C11H9ClINO/c12-8-1-3-9(4-2-8)14-7-10-5-6-11(13)15-10/h1-6,14H,7H2. The fourth-order valence-corrected chi connectivity index (χ4v) is 1.79. The van der Waals surface area contributed by atoms with Crippen molar-refractivity contribution in [1.29, 1.82) is 0 Å². The highest BCUT2D eigenvalue weighted by Crippen LogP contribution is 2.15. The molecule has 2 aromatic rings. The molecule has 1 N–H and O–H groups in total. The third-order valence-corrected chi connectivity index (χ3v) is 2.77. The van der Waals surface area contributed by atoms with E-state index in [9.17, 15) is 0 Å². The van der Waals surface area contributed by atoms with Gasteiger partial charge < -0.3 is 9.73 Å². The highest BCUT2D eigenvalue weighted by molar-refractivity contribution is 14.1. The Hall–Kier alpha value is -0.680. The second kappa shape index (κ2) is 4.90. The van der Waals surface area contributed by atoms with Gasteiger partial charge in [-0.2, -0.15) is 0 Å². The average Bonchev–Trinajstić information content (AvgIpc) is 2.64. The van der Waals surface area contributed by atoms with Gasteiger partial charge in [0.2, 0.25) is 0 Å². The lowest BCUT2D eigenvalue weighted by Gasteiger charge is -2.03. The van der Waals surface area contributed by atoms with E-state index in [1.807, 2.05) is 36.4 Å². The Bertz CT molecular complexity index is 438. The maximum Gasteiger partial charge on any atom is 0.164 e. The minimum absolute atomic E-state index is 0.685.